The predicted molar refractivity (Wildman–Crippen MR) is 73.2 cm³/mol. The number of aromatic nitrogens is 2. The van der Waals surface area contributed by atoms with Crippen molar-refractivity contribution in [2.24, 2.45) is 0 Å². The zero-order chi connectivity index (χ0) is 13.1. The van der Waals surface area contributed by atoms with Crippen molar-refractivity contribution in [3.05, 3.63) is 36.2 Å². The molecule has 1 aromatic carbocycles. The lowest BCUT2D eigenvalue weighted by Crippen LogP contribution is -2.04. The average molecular weight is 245 g/mol. The predicted octanol–water partition coefficient (Wildman–Crippen LogP) is 2.86. The summed E-state index contributed by atoms with van der Waals surface area (Å²) in [4.78, 5) is 4.41. The van der Waals surface area contributed by atoms with E-state index in [1.807, 2.05) is 22.8 Å². The summed E-state index contributed by atoms with van der Waals surface area (Å²) in [5, 5.41) is 0. The van der Waals surface area contributed by atoms with Crippen LogP contribution < -0.4 is 5.73 Å². The fourth-order valence-electron chi connectivity index (χ4n) is 1.98. The van der Waals surface area contributed by atoms with Crippen molar-refractivity contribution in [3.63, 3.8) is 0 Å². The van der Waals surface area contributed by atoms with Crippen molar-refractivity contribution in [1.82, 2.24) is 9.55 Å². The fourth-order valence-corrected chi connectivity index (χ4v) is 1.98. The summed E-state index contributed by atoms with van der Waals surface area (Å²) in [5.41, 5.74) is 9.11. The monoisotopic (exact) mass is 245 g/mol. The number of nitrogen functional groups attached to an aromatic ring is 1. The number of benzene rings is 1. The molecule has 4 nitrogen and oxygen atoms in total. The van der Waals surface area contributed by atoms with Crippen LogP contribution in [0, 0.1) is 0 Å². The molecule has 96 valence electrons. The molecule has 18 heavy (non-hydrogen) atoms. The minimum absolute atomic E-state index is 0.313. The van der Waals surface area contributed by atoms with E-state index >= 15 is 0 Å². The zero-order valence-corrected chi connectivity index (χ0v) is 11.1. The number of hydrogen-bond donors (Lipinski definition) is 1. The molecule has 0 spiro atoms. The molecule has 0 saturated carbocycles. The smallest absolute Gasteiger partial charge is 0.131 e. The number of imidazole rings is 1. The topological polar surface area (TPSA) is 53.1 Å². The second kappa shape index (κ2) is 5.23. The molecular weight excluding hydrogens is 226 g/mol. The highest BCUT2D eigenvalue weighted by molar-refractivity contribution is 5.70. The van der Waals surface area contributed by atoms with Gasteiger partial charge in [-0.3, -0.25) is 0 Å². The summed E-state index contributed by atoms with van der Waals surface area (Å²) in [6, 6.07) is 8.42. The highest BCUT2D eigenvalue weighted by Crippen LogP contribution is 2.27. The molecule has 2 rings (SSSR count). The molecule has 2 N–H and O–H groups in total. The van der Waals surface area contributed by atoms with Crippen molar-refractivity contribution in [2.45, 2.75) is 26.5 Å². The van der Waals surface area contributed by atoms with Gasteiger partial charge in [0.1, 0.15) is 11.5 Å². The maximum Gasteiger partial charge on any atom is 0.131 e. The highest BCUT2D eigenvalue weighted by Gasteiger charge is 2.11. The lowest BCUT2D eigenvalue weighted by Gasteiger charge is -2.09. The first-order valence-corrected chi connectivity index (χ1v) is 6.04. The Hall–Kier alpha value is -1.81. The molecule has 0 aliphatic rings. The molecule has 1 aromatic heterocycles. The average Bonchev–Trinajstić information content (AvgIpc) is 2.72. The van der Waals surface area contributed by atoms with Gasteiger partial charge in [-0.1, -0.05) is 18.2 Å². The van der Waals surface area contributed by atoms with Crippen LogP contribution in [0.15, 0.2) is 30.6 Å². The van der Waals surface area contributed by atoms with Crippen LogP contribution >= 0.6 is 0 Å². The van der Waals surface area contributed by atoms with Gasteiger partial charge in [-0.05, 0) is 25.5 Å². The SMILES string of the molecule is COCc1cccc(-c2ncn(C(C)C)c2N)c1. The molecule has 0 amide bonds. The third kappa shape index (κ3) is 2.38. The quantitative estimate of drug-likeness (QED) is 0.901. The minimum atomic E-state index is 0.313. The van der Waals surface area contributed by atoms with Crippen LogP contribution in [0.4, 0.5) is 5.82 Å². The second-order valence-electron chi connectivity index (χ2n) is 4.61. The number of anilines is 1. The van der Waals surface area contributed by atoms with Gasteiger partial charge in [0.05, 0.1) is 12.9 Å². The van der Waals surface area contributed by atoms with Crippen LogP contribution in [-0.4, -0.2) is 16.7 Å². The molecule has 2 aromatic rings. The Morgan fingerprint density at radius 1 is 1.39 bits per heavy atom. The number of rotatable bonds is 4. The second-order valence-corrected chi connectivity index (χ2v) is 4.61. The van der Waals surface area contributed by atoms with E-state index in [0.29, 0.717) is 18.5 Å². The Morgan fingerprint density at radius 2 is 2.17 bits per heavy atom. The van der Waals surface area contributed by atoms with Gasteiger partial charge in [0.2, 0.25) is 0 Å². The van der Waals surface area contributed by atoms with E-state index in [1.54, 1.807) is 13.4 Å². The van der Waals surface area contributed by atoms with Crippen molar-refractivity contribution >= 4 is 5.82 Å². The maximum atomic E-state index is 6.13. The fraction of sp³-hybridized carbons (Fsp3) is 0.357. The van der Waals surface area contributed by atoms with Crippen LogP contribution in [0.3, 0.4) is 0 Å². The highest BCUT2D eigenvalue weighted by atomic mass is 16.5. The minimum Gasteiger partial charge on any atom is -0.383 e. The number of nitrogens with zero attached hydrogens (tertiary/aromatic N) is 2. The molecule has 0 atom stereocenters. The number of ether oxygens (including phenoxy) is 1. The van der Waals surface area contributed by atoms with Gasteiger partial charge in [0.15, 0.2) is 0 Å². The first kappa shape index (κ1) is 12.6. The van der Waals surface area contributed by atoms with Crippen molar-refractivity contribution in [1.29, 1.82) is 0 Å². The summed E-state index contributed by atoms with van der Waals surface area (Å²) < 4.78 is 7.11. The van der Waals surface area contributed by atoms with Crippen LogP contribution in [0.1, 0.15) is 25.5 Å². The number of hydrogen-bond acceptors (Lipinski definition) is 3. The van der Waals surface area contributed by atoms with Crippen molar-refractivity contribution < 1.29 is 4.74 Å². The first-order chi connectivity index (χ1) is 8.63. The van der Waals surface area contributed by atoms with Gasteiger partial charge in [0, 0.05) is 18.7 Å². The van der Waals surface area contributed by atoms with E-state index in [9.17, 15) is 0 Å². The lowest BCUT2D eigenvalue weighted by molar-refractivity contribution is 0.185. The molecular formula is C14H19N3O. The van der Waals surface area contributed by atoms with Crippen molar-refractivity contribution in [3.8, 4) is 11.3 Å². The number of nitrogens with two attached hydrogens (primary N) is 1. The molecule has 0 aliphatic heterocycles. The molecule has 4 heteroatoms. The molecule has 0 saturated heterocycles. The molecule has 0 bridgehead atoms. The third-order valence-electron chi connectivity index (χ3n) is 2.90. The van der Waals surface area contributed by atoms with Gasteiger partial charge in [-0.25, -0.2) is 4.98 Å². The van der Waals surface area contributed by atoms with Crippen LogP contribution in [0.5, 0.6) is 0 Å². The first-order valence-electron chi connectivity index (χ1n) is 6.04. The Bertz CT molecular complexity index is 532. The van der Waals surface area contributed by atoms with Crippen molar-refractivity contribution in [2.75, 3.05) is 12.8 Å². The standard InChI is InChI=1S/C14H19N3O/c1-10(2)17-9-16-13(14(17)15)12-6-4-5-11(7-12)8-18-3/h4-7,9-10H,8,15H2,1-3H3. The van der Waals surface area contributed by atoms with Gasteiger partial charge >= 0.3 is 0 Å². The summed E-state index contributed by atoms with van der Waals surface area (Å²) in [6.45, 7) is 4.77. The normalized spacial score (nSPS) is 11.1. The molecule has 0 unspecified atom stereocenters. The summed E-state index contributed by atoms with van der Waals surface area (Å²) in [6.07, 6.45) is 1.79. The maximum absolute atomic E-state index is 6.13. The van der Waals surface area contributed by atoms with E-state index in [1.165, 1.54) is 0 Å². The van der Waals surface area contributed by atoms with E-state index in [2.05, 4.69) is 24.9 Å². The Morgan fingerprint density at radius 3 is 2.78 bits per heavy atom. The largest absolute Gasteiger partial charge is 0.383 e. The molecule has 0 aliphatic carbocycles. The molecule has 0 fully saturated rings. The lowest BCUT2D eigenvalue weighted by atomic mass is 10.1. The number of methoxy groups -OCH3 is 1. The molecule has 0 radical (unpaired) electrons. The third-order valence-corrected chi connectivity index (χ3v) is 2.90. The van der Waals surface area contributed by atoms with E-state index in [0.717, 1.165) is 16.8 Å². The summed E-state index contributed by atoms with van der Waals surface area (Å²) >= 11 is 0. The van der Waals surface area contributed by atoms with E-state index < -0.39 is 0 Å². The zero-order valence-electron chi connectivity index (χ0n) is 11.1. The Labute approximate surface area is 107 Å². The Balaban J connectivity index is 2.39. The van der Waals surface area contributed by atoms with Crippen LogP contribution in [-0.2, 0) is 11.3 Å². The summed E-state index contributed by atoms with van der Waals surface area (Å²) in [5.74, 6) is 0.708. The van der Waals surface area contributed by atoms with Gasteiger partial charge in [-0.2, -0.15) is 0 Å². The van der Waals surface area contributed by atoms with Gasteiger partial charge in [-0.15, -0.1) is 0 Å². The van der Waals surface area contributed by atoms with E-state index in [4.69, 9.17) is 10.5 Å². The summed E-state index contributed by atoms with van der Waals surface area (Å²) in [7, 11) is 1.69. The molecule has 1 heterocycles. The van der Waals surface area contributed by atoms with Gasteiger partial charge < -0.3 is 15.0 Å². The van der Waals surface area contributed by atoms with Gasteiger partial charge in [0.25, 0.3) is 0 Å². The van der Waals surface area contributed by atoms with E-state index in [-0.39, 0.29) is 0 Å². The Kier molecular flexibility index (Phi) is 3.67. The van der Waals surface area contributed by atoms with Crippen LogP contribution in [0.2, 0.25) is 0 Å². The van der Waals surface area contributed by atoms with Crippen LogP contribution in [0.25, 0.3) is 11.3 Å².